The second-order valence-corrected chi connectivity index (χ2v) is 6.76. The van der Waals surface area contributed by atoms with Gasteiger partial charge >= 0.3 is 0 Å². The predicted octanol–water partition coefficient (Wildman–Crippen LogP) is 1.72. The predicted molar refractivity (Wildman–Crippen MR) is 84.3 cm³/mol. The van der Waals surface area contributed by atoms with Crippen LogP contribution in [-0.2, 0) is 16.1 Å². The lowest BCUT2D eigenvalue weighted by Gasteiger charge is -2.29. The van der Waals surface area contributed by atoms with E-state index in [4.69, 9.17) is 4.74 Å². The standard InChI is InChI=1S/C17H24N2O3/c1-17(2,3)13-10-19-16(21)14(13)15(20)18-9-11-5-7-12(22-4)8-6-11/h5-8,13-14H,9-10H2,1-4H3,(H,18,20)(H,19,21)/t13-,14-/m0/s1. The van der Waals surface area contributed by atoms with Crippen LogP contribution in [0.4, 0.5) is 0 Å². The molecular formula is C17H24N2O3. The minimum atomic E-state index is -0.613. The van der Waals surface area contributed by atoms with Crippen molar-refractivity contribution >= 4 is 11.8 Å². The molecule has 0 aromatic heterocycles. The zero-order valence-corrected chi connectivity index (χ0v) is 13.6. The summed E-state index contributed by atoms with van der Waals surface area (Å²) in [5.74, 6) is -0.204. The van der Waals surface area contributed by atoms with Crippen molar-refractivity contribution < 1.29 is 14.3 Å². The fourth-order valence-corrected chi connectivity index (χ4v) is 2.77. The van der Waals surface area contributed by atoms with Gasteiger partial charge in [0, 0.05) is 19.0 Å². The molecule has 5 heteroatoms. The van der Waals surface area contributed by atoms with E-state index in [9.17, 15) is 9.59 Å². The molecule has 5 nitrogen and oxygen atoms in total. The van der Waals surface area contributed by atoms with Gasteiger partial charge in [-0.15, -0.1) is 0 Å². The summed E-state index contributed by atoms with van der Waals surface area (Å²) in [5.41, 5.74) is 0.876. The number of benzene rings is 1. The lowest BCUT2D eigenvalue weighted by atomic mass is 9.74. The minimum absolute atomic E-state index is 0.0101. The van der Waals surface area contributed by atoms with Gasteiger partial charge < -0.3 is 15.4 Å². The lowest BCUT2D eigenvalue weighted by molar-refractivity contribution is -0.135. The first-order valence-corrected chi connectivity index (χ1v) is 7.51. The number of amides is 2. The van der Waals surface area contributed by atoms with Gasteiger partial charge in [0.1, 0.15) is 11.7 Å². The summed E-state index contributed by atoms with van der Waals surface area (Å²) in [7, 11) is 1.61. The average Bonchev–Trinajstić information content (AvgIpc) is 2.87. The SMILES string of the molecule is COc1ccc(CNC(=O)[C@H]2C(=O)NC[C@@H]2C(C)(C)C)cc1. The number of methoxy groups -OCH3 is 1. The number of nitrogens with one attached hydrogen (secondary N) is 2. The Bertz CT molecular complexity index is 546. The molecule has 22 heavy (non-hydrogen) atoms. The van der Waals surface area contributed by atoms with Crippen molar-refractivity contribution in [2.75, 3.05) is 13.7 Å². The Hall–Kier alpha value is -2.04. The van der Waals surface area contributed by atoms with Crippen molar-refractivity contribution in [1.82, 2.24) is 10.6 Å². The topological polar surface area (TPSA) is 67.4 Å². The van der Waals surface area contributed by atoms with Crippen molar-refractivity contribution in [2.24, 2.45) is 17.3 Å². The van der Waals surface area contributed by atoms with Crippen LogP contribution in [0, 0.1) is 17.3 Å². The van der Waals surface area contributed by atoms with Gasteiger partial charge in [-0.2, -0.15) is 0 Å². The van der Waals surface area contributed by atoms with Crippen molar-refractivity contribution in [3.05, 3.63) is 29.8 Å². The van der Waals surface area contributed by atoms with Crippen molar-refractivity contribution in [2.45, 2.75) is 27.3 Å². The summed E-state index contributed by atoms with van der Waals surface area (Å²) in [6.07, 6.45) is 0. The normalized spacial score (nSPS) is 21.4. The Balaban J connectivity index is 1.99. The fraction of sp³-hybridized carbons (Fsp3) is 0.529. The first-order valence-electron chi connectivity index (χ1n) is 7.51. The number of ether oxygens (including phenoxy) is 1. The van der Waals surface area contributed by atoms with E-state index in [1.165, 1.54) is 0 Å². The molecule has 2 atom stereocenters. The number of carbonyl (C=O) groups is 2. The molecule has 1 heterocycles. The Kier molecular flexibility index (Phi) is 4.74. The highest BCUT2D eigenvalue weighted by Crippen LogP contribution is 2.35. The first-order chi connectivity index (χ1) is 10.3. The van der Waals surface area contributed by atoms with E-state index in [0.717, 1.165) is 11.3 Å². The highest BCUT2D eigenvalue weighted by Gasteiger charge is 2.45. The molecule has 1 saturated heterocycles. The van der Waals surface area contributed by atoms with Gasteiger partial charge in [0.15, 0.2) is 0 Å². The molecule has 1 aliphatic rings. The number of rotatable bonds is 4. The number of carbonyl (C=O) groups excluding carboxylic acids is 2. The molecule has 0 unspecified atom stereocenters. The van der Waals surface area contributed by atoms with Crippen LogP contribution >= 0.6 is 0 Å². The van der Waals surface area contributed by atoms with Gasteiger partial charge in [0.05, 0.1) is 7.11 Å². The molecule has 0 radical (unpaired) electrons. The van der Waals surface area contributed by atoms with Crippen LogP contribution in [0.15, 0.2) is 24.3 Å². The Morgan fingerprint density at radius 3 is 2.50 bits per heavy atom. The number of hydrogen-bond acceptors (Lipinski definition) is 3. The summed E-state index contributed by atoms with van der Waals surface area (Å²) < 4.78 is 5.10. The molecule has 0 bridgehead atoms. The van der Waals surface area contributed by atoms with Gasteiger partial charge in [0.2, 0.25) is 11.8 Å². The van der Waals surface area contributed by atoms with E-state index < -0.39 is 5.92 Å². The molecule has 0 spiro atoms. The van der Waals surface area contributed by atoms with Gasteiger partial charge in [-0.1, -0.05) is 32.9 Å². The van der Waals surface area contributed by atoms with Crippen molar-refractivity contribution in [3.8, 4) is 5.75 Å². The molecule has 2 rings (SSSR count). The Morgan fingerprint density at radius 2 is 1.95 bits per heavy atom. The molecular weight excluding hydrogens is 280 g/mol. The molecule has 2 amide bonds. The van der Waals surface area contributed by atoms with Crippen molar-refractivity contribution in [1.29, 1.82) is 0 Å². The maximum absolute atomic E-state index is 12.4. The van der Waals surface area contributed by atoms with Gasteiger partial charge in [-0.25, -0.2) is 0 Å². The third-order valence-corrected chi connectivity index (χ3v) is 4.20. The van der Waals surface area contributed by atoms with Crippen LogP contribution in [0.2, 0.25) is 0 Å². The highest BCUT2D eigenvalue weighted by atomic mass is 16.5. The maximum Gasteiger partial charge on any atom is 0.233 e. The third-order valence-electron chi connectivity index (χ3n) is 4.20. The molecule has 0 aliphatic carbocycles. The lowest BCUT2D eigenvalue weighted by Crippen LogP contribution is -2.40. The van der Waals surface area contributed by atoms with E-state index in [0.29, 0.717) is 13.1 Å². The third kappa shape index (κ3) is 3.59. The van der Waals surface area contributed by atoms with Crippen LogP contribution in [0.5, 0.6) is 5.75 Å². The summed E-state index contributed by atoms with van der Waals surface area (Å²) in [4.78, 5) is 24.4. The van der Waals surface area contributed by atoms with E-state index >= 15 is 0 Å². The zero-order chi connectivity index (χ0) is 16.3. The molecule has 1 fully saturated rings. The van der Waals surface area contributed by atoms with Crippen LogP contribution in [-0.4, -0.2) is 25.5 Å². The molecule has 0 saturated carbocycles. The Labute approximate surface area is 131 Å². The van der Waals surface area contributed by atoms with E-state index in [2.05, 4.69) is 31.4 Å². The summed E-state index contributed by atoms with van der Waals surface area (Å²) in [5, 5.41) is 5.67. The second kappa shape index (κ2) is 6.38. The van der Waals surface area contributed by atoms with Crippen LogP contribution < -0.4 is 15.4 Å². The van der Waals surface area contributed by atoms with Crippen LogP contribution in [0.3, 0.4) is 0 Å². The Morgan fingerprint density at radius 1 is 1.32 bits per heavy atom. The van der Waals surface area contributed by atoms with Gasteiger partial charge in [0.25, 0.3) is 0 Å². The smallest absolute Gasteiger partial charge is 0.233 e. The van der Waals surface area contributed by atoms with Gasteiger partial charge in [-0.3, -0.25) is 9.59 Å². The summed E-state index contributed by atoms with van der Waals surface area (Å²) >= 11 is 0. The van der Waals surface area contributed by atoms with E-state index in [-0.39, 0.29) is 23.1 Å². The second-order valence-electron chi connectivity index (χ2n) is 6.76. The quantitative estimate of drug-likeness (QED) is 0.832. The molecule has 120 valence electrons. The van der Waals surface area contributed by atoms with E-state index in [1.54, 1.807) is 7.11 Å². The summed E-state index contributed by atoms with van der Waals surface area (Å²) in [6, 6.07) is 7.49. The molecule has 1 aliphatic heterocycles. The molecule has 1 aromatic carbocycles. The van der Waals surface area contributed by atoms with Crippen LogP contribution in [0.25, 0.3) is 0 Å². The largest absolute Gasteiger partial charge is 0.497 e. The van der Waals surface area contributed by atoms with Gasteiger partial charge in [-0.05, 0) is 23.1 Å². The zero-order valence-electron chi connectivity index (χ0n) is 13.6. The van der Waals surface area contributed by atoms with E-state index in [1.807, 2.05) is 24.3 Å². The highest BCUT2D eigenvalue weighted by molar-refractivity contribution is 6.02. The van der Waals surface area contributed by atoms with Crippen molar-refractivity contribution in [3.63, 3.8) is 0 Å². The maximum atomic E-state index is 12.4. The van der Waals surface area contributed by atoms with Crippen LogP contribution in [0.1, 0.15) is 26.3 Å². The average molecular weight is 304 g/mol. The first kappa shape index (κ1) is 16.3. The molecule has 1 aromatic rings. The fourth-order valence-electron chi connectivity index (χ4n) is 2.77. The molecule has 2 N–H and O–H groups in total. The summed E-state index contributed by atoms with van der Waals surface area (Å²) in [6.45, 7) is 7.14. The number of hydrogen-bond donors (Lipinski definition) is 2. The minimum Gasteiger partial charge on any atom is -0.497 e. The monoisotopic (exact) mass is 304 g/mol.